The summed E-state index contributed by atoms with van der Waals surface area (Å²) in [5, 5.41) is 14.3. The fraction of sp³-hybridized carbons (Fsp3) is 0.444. The lowest BCUT2D eigenvalue weighted by molar-refractivity contribution is -0.137. The number of hydrogen-bond acceptors (Lipinski definition) is 2. The van der Waals surface area contributed by atoms with Gasteiger partial charge in [-0.15, -0.1) is 0 Å². The Hall–Kier alpha value is -2.46. The Labute approximate surface area is 194 Å². The van der Waals surface area contributed by atoms with Crippen molar-refractivity contribution < 1.29 is 9.90 Å². The monoisotopic (exact) mass is 450 g/mol. The fourth-order valence-electron chi connectivity index (χ4n) is 6.52. The van der Waals surface area contributed by atoms with Crippen molar-refractivity contribution in [3.63, 3.8) is 0 Å². The summed E-state index contributed by atoms with van der Waals surface area (Å²) in [6.45, 7) is 4.78. The minimum Gasteiger partial charge on any atom is -0.480 e. The van der Waals surface area contributed by atoms with Crippen molar-refractivity contribution in [3.8, 4) is 0 Å². The van der Waals surface area contributed by atoms with Gasteiger partial charge in [0.25, 0.3) is 0 Å². The van der Waals surface area contributed by atoms with Gasteiger partial charge >= 0.3 is 5.97 Å². The molecule has 2 bridgehead atoms. The maximum absolute atomic E-state index is 11.1. The summed E-state index contributed by atoms with van der Waals surface area (Å²) in [7, 11) is 0. The van der Waals surface area contributed by atoms with Crippen LogP contribution in [0.3, 0.4) is 0 Å². The molecule has 32 heavy (non-hydrogen) atoms. The van der Waals surface area contributed by atoms with Crippen LogP contribution >= 0.6 is 11.6 Å². The second-order valence-electron chi connectivity index (χ2n) is 10.4. The molecule has 1 heterocycles. The molecule has 5 rings (SSSR count). The third-order valence-electron chi connectivity index (χ3n) is 7.64. The molecule has 1 aromatic heterocycles. The number of nitrogens with zero attached hydrogens (tertiary/aromatic N) is 1. The van der Waals surface area contributed by atoms with E-state index in [0.717, 1.165) is 45.1 Å². The highest BCUT2D eigenvalue weighted by Gasteiger charge is 2.41. The summed E-state index contributed by atoms with van der Waals surface area (Å²) in [6.07, 6.45) is 8.46. The van der Waals surface area contributed by atoms with Crippen molar-refractivity contribution in [2.24, 2.45) is 17.8 Å². The first kappa shape index (κ1) is 21.4. The van der Waals surface area contributed by atoms with E-state index in [9.17, 15) is 4.79 Å². The Morgan fingerprint density at radius 2 is 1.88 bits per heavy atom. The molecule has 2 saturated carbocycles. The number of aromatic nitrogens is 1. The van der Waals surface area contributed by atoms with E-state index >= 15 is 0 Å². The largest absolute Gasteiger partial charge is 0.480 e. The molecule has 2 unspecified atom stereocenters. The summed E-state index contributed by atoms with van der Waals surface area (Å²) < 4.78 is 1.75. The van der Waals surface area contributed by atoms with E-state index in [2.05, 4.69) is 37.4 Å². The normalized spacial score (nSPS) is 27.4. The zero-order valence-electron chi connectivity index (χ0n) is 18.8. The molecule has 0 amide bonds. The molecule has 0 radical (unpaired) electrons. The first-order chi connectivity index (χ1) is 15.3. The SMILES string of the molecule is CC1CC2CC(C1)CC(C)(c1ccc(Nc3ccc4ccn(CC(=O)O)c4c3)c(Cl)c1)C2. The van der Waals surface area contributed by atoms with Crippen LogP contribution in [0.25, 0.3) is 10.9 Å². The summed E-state index contributed by atoms with van der Waals surface area (Å²) in [5.74, 6) is 1.70. The van der Waals surface area contributed by atoms with Crippen molar-refractivity contribution in [1.29, 1.82) is 0 Å². The molecule has 2 N–H and O–H groups in total. The predicted molar refractivity (Wildman–Crippen MR) is 131 cm³/mol. The molecule has 2 aromatic carbocycles. The maximum Gasteiger partial charge on any atom is 0.323 e. The highest BCUT2D eigenvalue weighted by molar-refractivity contribution is 6.33. The molecular formula is C27H31ClN2O2. The maximum atomic E-state index is 11.1. The molecule has 0 aliphatic heterocycles. The van der Waals surface area contributed by atoms with Crippen molar-refractivity contribution in [1.82, 2.24) is 4.57 Å². The number of carboxylic acids is 1. The average molecular weight is 451 g/mol. The number of anilines is 2. The lowest BCUT2D eigenvalue weighted by atomic mass is 9.57. The van der Waals surface area contributed by atoms with Crippen LogP contribution in [0.4, 0.5) is 11.4 Å². The molecule has 2 fully saturated rings. The van der Waals surface area contributed by atoms with Gasteiger partial charge in [-0.25, -0.2) is 0 Å². The van der Waals surface area contributed by atoms with Crippen LogP contribution in [-0.2, 0) is 16.8 Å². The lowest BCUT2D eigenvalue weighted by Gasteiger charge is -2.47. The van der Waals surface area contributed by atoms with Gasteiger partial charge in [-0.05, 0) is 96.6 Å². The van der Waals surface area contributed by atoms with E-state index in [-0.39, 0.29) is 12.0 Å². The Morgan fingerprint density at radius 1 is 1.12 bits per heavy atom. The number of benzene rings is 2. The van der Waals surface area contributed by atoms with Gasteiger partial charge in [0, 0.05) is 11.9 Å². The van der Waals surface area contributed by atoms with Gasteiger partial charge in [0.2, 0.25) is 0 Å². The molecule has 2 aliphatic carbocycles. The van der Waals surface area contributed by atoms with Crippen LogP contribution in [0.15, 0.2) is 48.7 Å². The number of halogens is 1. The Balaban J connectivity index is 1.38. The summed E-state index contributed by atoms with van der Waals surface area (Å²) in [5.41, 5.74) is 4.21. The molecule has 0 spiro atoms. The predicted octanol–water partition coefficient (Wildman–Crippen LogP) is 7.23. The van der Waals surface area contributed by atoms with Crippen molar-refractivity contribution in [2.45, 2.75) is 57.9 Å². The smallest absolute Gasteiger partial charge is 0.323 e. The van der Waals surface area contributed by atoms with Crippen LogP contribution in [0, 0.1) is 17.8 Å². The third-order valence-corrected chi connectivity index (χ3v) is 7.95. The molecule has 2 aliphatic rings. The van der Waals surface area contributed by atoms with Crippen LogP contribution in [-0.4, -0.2) is 15.6 Å². The zero-order chi connectivity index (χ0) is 22.5. The Morgan fingerprint density at radius 3 is 2.56 bits per heavy atom. The van der Waals surface area contributed by atoms with Gasteiger partial charge in [-0.2, -0.15) is 0 Å². The highest BCUT2D eigenvalue weighted by atomic mass is 35.5. The summed E-state index contributed by atoms with van der Waals surface area (Å²) in [6, 6.07) is 14.4. The minimum absolute atomic E-state index is 0.0538. The molecule has 4 nitrogen and oxygen atoms in total. The quantitative estimate of drug-likeness (QED) is 0.431. The van der Waals surface area contributed by atoms with Crippen LogP contribution in [0.1, 0.15) is 51.5 Å². The number of fused-ring (bicyclic) bond motifs is 3. The van der Waals surface area contributed by atoms with Gasteiger partial charge in [-0.1, -0.05) is 37.6 Å². The molecule has 3 aromatic rings. The van der Waals surface area contributed by atoms with Crippen molar-refractivity contribution in [2.75, 3.05) is 5.32 Å². The average Bonchev–Trinajstić information content (AvgIpc) is 3.10. The van der Waals surface area contributed by atoms with E-state index in [4.69, 9.17) is 16.7 Å². The van der Waals surface area contributed by atoms with E-state index in [1.165, 1.54) is 37.7 Å². The van der Waals surface area contributed by atoms with Gasteiger partial charge in [0.1, 0.15) is 6.54 Å². The number of hydrogen-bond donors (Lipinski definition) is 2. The van der Waals surface area contributed by atoms with Gasteiger partial charge in [-0.3, -0.25) is 4.79 Å². The topological polar surface area (TPSA) is 54.3 Å². The third kappa shape index (κ3) is 4.13. The van der Waals surface area contributed by atoms with Crippen LogP contribution in [0.2, 0.25) is 5.02 Å². The first-order valence-corrected chi connectivity index (χ1v) is 12.0. The number of rotatable bonds is 5. The second-order valence-corrected chi connectivity index (χ2v) is 10.9. The van der Waals surface area contributed by atoms with E-state index < -0.39 is 5.97 Å². The summed E-state index contributed by atoms with van der Waals surface area (Å²) in [4.78, 5) is 11.1. The zero-order valence-corrected chi connectivity index (χ0v) is 19.5. The van der Waals surface area contributed by atoms with Crippen LogP contribution in [0.5, 0.6) is 0 Å². The minimum atomic E-state index is -0.852. The van der Waals surface area contributed by atoms with Crippen molar-refractivity contribution >= 4 is 39.8 Å². The van der Waals surface area contributed by atoms with Gasteiger partial charge in [0.15, 0.2) is 0 Å². The number of aliphatic carboxylic acids is 1. The molecule has 5 heteroatoms. The number of carboxylic acid groups (broad SMARTS) is 1. The molecule has 2 atom stereocenters. The second kappa shape index (κ2) is 8.15. The standard InChI is InChI=1S/C27H31ClN2O2/c1-17-9-18-11-19(10-17)15-27(2,14-18)21-4-6-24(23(28)12-21)29-22-5-3-20-7-8-30(16-26(31)32)25(20)13-22/h3-8,12-13,17-19,29H,9-11,14-16H2,1-2H3,(H,31,32). The first-order valence-electron chi connectivity index (χ1n) is 11.7. The van der Waals surface area contributed by atoms with Crippen molar-refractivity contribution in [3.05, 3.63) is 59.2 Å². The van der Waals surface area contributed by atoms with Gasteiger partial charge in [0.05, 0.1) is 16.2 Å². The molecular weight excluding hydrogens is 420 g/mol. The van der Waals surface area contributed by atoms with E-state index in [1.54, 1.807) is 4.57 Å². The van der Waals surface area contributed by atoms with E-state index in [1.807, 2.05) is 30.5 Å². The number of nitrogens with one attached hydrogen (secondary N) is 1. The fourth-order valence-corrected chi connectivity index (χ4v) is 6.75. The Bertz CT molecular complexity index is 1150. The highest BCUT2D eigenvalue weighted by Crippen LogP contribution is 2.51. The summed E-state index contributed by atoms with van der Waals surface area (Å²) >= 11 is 6.76. The van der Waals surface area contributed by atoms with Gasteiger partial charge < -0.3 is 15.0 Å². The Kier molecular flexibility index (Phi) is 5.45. The van der Waals surface area contributed by atoms with Crippen LogP contribution < -0.4 is 5.32 Å². The van der Waals surface area contributed by atoms with E-state index in [0.29, 0.717) is 0 Å². The molecule has 0 saturated heterocycles. The number of carbonyl (C=O) groups is 1. The molecule has 168 valence electrons. The lowest BCUT2D eigenvalue weighted by Crippen LogP contribution is -2.38.